The normalized spacial score (nSPS) is 32.1. The summed E-state index contributed by atoms with van der Waals surface area (Å²) < 4.78 is 5.52. The molecule has 96 valence electrons. The van der Waals surface area contributed by atoms with E-state index in [1.807, 2.05) is 0 Å². The third kappa shape index (κ3) is 2.04. The Morgan fingerprint density at radius 2 is 2.06 bits per heavy atom. The van der Waals surface area contributed by atoms with Gasteiger partial charge in [0, 0.05) is 7.11 Å². The van der Waals surface area contributed by atoms with Gasteiger partial charge in [0.15, 0.2) is 0 Å². The highest BCUT2D eigenvalue weighted by Gasteiger charge is 2.44. The minimum absolute atomic E-state index is 0.0135. The van der Waals surface area contributed by atoms with Crippen molar-refractivity contribution in [3.8, 4) is 0 Å². The van der Waals surface area contributed by atoms with Gasteiger partial charge in [-0.05, 0) is 33.1 Å². The van der Waals surface area contributed by atoms with Crippen LogP contribution in [-0.4, -0.2) is 48.1 Å². The molecule has 1 heterocycles. The zero-order valence-electron chi connectivity index (χ0n) is 10.7. The largest absolute Gasteiger partial charge is 0.376 e. The number of carbonyl (C=O) groups is 2. The van der Waals surface area contributed by atoms with Crippen molar-refractivity contribution in [1.82, 2.24) is 10.2 Å². The molecule has 5 heteroatoms. The number of nitrogens with zero attached hydrogens (tertiary/aromatic N) is 1. The van der Waals surface area contributed by atoms with E-state index in [1.54, 1.807) is 25.9 Å². The van der Waals surface area contributed by atoms with Crippen LogP contribution in [0.15, 0.2) is 0 Å². The maximum atomic E-state index is 12.1. The Morgan fingerprint density at radius 1 is 1.41 bits per heavy atom. The summed E-state index contributed by atoms with van der Waals surface area (Å²) in [6.45, 7) is 4.02. The first-order valence-electron chi connectivity index (χ1n) is 6.15. The minimum Gasteiger partial charge on any atom is -0.376 e. The quantitative estimate of drug-likeness (QED) is 0.771. The molecule has 0 aromatic rings. The van der Waals surface area contributed by atoms with Crippen molar-refractivity contribution in [2.75, 3.05) is 13.7 Å². The molecule has 2 fully saturated rings. The second-order valence-corrected chi connectivity index (χ2v) is 5.11. The van der Waals surface area contributed by atoms with Gasteiger partial charge in [0.1, 0.15) is 12.1 Å². The smallest absolute Gasteiger partial charge is 0.245 e. The Labute approximate surface area is 101 Å². The van der Waals surface area contributed by atoms with E-state index < -0.39 is 12.1 Å². The lowest BCUT2D eigenvalue weighted by atomic mass is 9.79. The highest BCUT2D eigenvalue weighted by atomic mass is 16.5. The zero-order valence-corrected chi connectivity index (χ0v) is 10.7. The SMILES string of the molecule is COC1(CN2C(=O)C(C)NC(=O)C2C)CCC1. The van der Waals surface area contributed by atoms with Crippen LogP contribution in [-0.2, 0) is 14.3 Å². The predicted molar refractivity (Wildman–Crippen MR) is 62.4 cm³/mol. The molecule has 0 radical (unpaired) electrons. The molecule has 0 aromatic heterocycles. The molecule has 1 saturated carbocycles. The van der Waals surface area contributed by atoms with Gasteiger partial charge in [-0.1, -0.05) is 0 Å². The Kier molecular flexibility index (Phi) is 3.12. The molecule has 0 bridgehead atoms. The Bertz CT molecular complexity index is 333. The van der Waals surface area contributed by atoms with E-state index in [-0.39, 0.29) is 17.4 Å². The number of rotatable bonds is 3. The Hall–Kier alpha value is -1.10. The summed E-state index contributed by atoms with van der Waals surface area (Å²) in [7, 11) is 1.68. The standard InChI is InChI=1S/C12H20N2O3/c1-8-11(16)14(9(2)10(15)13-8)7-12(17-3)5-4-6-12/h8-9H,4-7H2,1-3H3,(H,13,15). The summed E-state index contributed by atoms with van der Waals surface area (Å²) in [5.74, 6) is -0.0944. The van der Waals surface area contributed by atoms with Crippen LogP contribution < -0.4 is 5.32 Å². The van der Waals surface area contributed by atoms with E-state index in [2.05, 4.69) is 5.32 Å². The topological polar surface area (TPSA) is 58.6 Å². The molecular formula is C12H20N2O3. The van der Waals surface area contributed by atoms with E-state index >= 15 is 0 Å². The van der Waals surface area contributed by atoms with Crippen molar-refractivity contribution in [3.63, 3.8) is 0 Å². The summed E-state index contributed by atoms with van der Waals surface area (Å²) in [6, 6.07) is -0.820. The summed E-state index contributed by atoms with van der Waals surface area (Å²) in [6.07, 6.45) is 3.07. The Morgan fingerprint density at radius 3 is 2.53 bits per heavy atom. The van der Waals surface area contributed by atoms with E-state index in [4.69, 9.17) is 4.74 Å². The molecule has 2 unspecified atom stereocenters. The molecule has 17 heavy (non-hydrogen) atoms. The highest BCUT2D eigenvalue weighted by molar-refractivity contribution is 5.96. The molecule has 5 nitrogen and oxygen atoms in total. The second-order valence-electron chi connectivity index (χ2n) is 5.11. The summed E-state index contributed by atoms with van der Waals surface area (Å²) >= 11 is 0. The first-order valence-corrected chi connectivity index (χ1v) is 6.15. The number of nitrogens with one attached hydrogen (secondary N) is 1. The van der Waals surface area contributed by atoms with Crippen LogP contribution >= 0.6 is 0 Å². The number of ether oxygens (including phenoxy) is 1. The van der Waals surface area contributed by atoms with Crippen molar-refractivity contribution in [3.05, 3.63) is 0 Å². The number of hydrogen-bond donors (Lipinski definition) is 1. The lowest BCUT2D eigenvalue weighted by molar-refractivity contribution is -0.157. The maximum absolute atomic E-state index is 12.1. The molecule has 1 aliphatic heterocycles. The molecule has 1 saturated heterocycles. The molecular weight excluding hydrogens is 220 g/mol. The van der Waals surface area contributed by atoms with Crippen LogP contribution in [0.5, 0.6) is 0 Å². The van der Waals surface area contributed by atoms with Crippen molar-refractivity contribution in [2.24, 2.45) is 0 Å². The van der Waals surface area contributed by atoms with Gasteiger partial charge < -0.3 is 15.0 Å². The minimum atomic E-state index is -0.423. The third-order valence-corrected chi connectivity index (χ3v) is 4.02. The monoisotopic (exact) mass is 240 g/mol. The maximum Gasteiger partial charge on any atom is 0.245 e. The molecule has 1 aliphatic carbocycles. The van der Waals surface area contributed by atoms with Crippen molar-refractivity contribution < 1.29 is 14.3 Å². The fraction of sp³-hybridized carbons (Fsp3) is 0.833. The van der Waals surface area contributed by atoms with E-state index in [9.17, 15) is 9.59 Å². The van der Waals surface area contributed by atoms with Gasteiger partial charge in [-0.15, -0.1) is 0 Å². The van der Waals surface area contributed by atoms with Gasteiger partial charge in [0.25, 0.3) is 0 Å². The van der Waals surface area contributed by atoms with Gasteiger partial charge in [0.2, 0.25) is 11.8 Å². The van der Waals surface area contributed by atoms with Gasteiger partial charge in [0.05, 0.1) is 12.1 Å². The number of hydrogen-bond acceptors (Lipinski definition) is 3. The number of carbonyl (C=O) groups excluding carboxylic acids is 2. The average Bonchev–Trinajstić information content (AvgIpc) is 2.25. The van der Waals surface area contributed by atoms with Crippen molar-refractivity contribution in [1.29, 1.82) is 0 Å². The third-order valence-electron chi connectivity index (χ3n) is 4.02. The van der Waals surface area contributed by atoms with Gasteiger partial charge in [-0.25, -0.2) is 0 Å². The average molecular weight is 240 g/mol. The molecule has 0 aromatic carbocycles. The van der Waals surface area contributed by atoms with Crippen LogP contribution in [0, 0.1) is 0 Å². The molecule has 2 amide bonds. The van der Waals surface area contributed by atoms with Crippen molar-refractivity contribution in [2.45, 2.75) is 50.8 Å². The van der Waals surface area contributed by atoms with Gasteiger partial charge in [-0.3, -0.25) is 9.59 Å². The highest BCUT2D eigenvalue weighted by Crippen LogP contribution is 2.36. The van der Waals surface area contributed by atoms with E-state index in [1.165, 1.54) is 0 Å². The second kappa shape index (κ2) is 4.29. The van der Waals surface area contributed by atoms with E-state index in [0.717, 1.165) is 19.3 Å². The molecule has 2 rings (SSSR count). The van der Waals surface area contributed by atoms with Crippen molar-refractivity contribution >= 4 is 11.8 Å². The first-order chi connectivity index (χ1) is 7.99. The molecule has 0 spiro atoms. The molecule has 1 N–H and O–H groups in total. The number of amides is 2. The molecule has 2 aliphatic rings. The fourth-order valence-electron chi connectivity index (χ4n) is 2.50. The van der Waals surface area contributed by atoms with Crippen LogP contribution in [0.4, 0.5) is 0 Å². The number of methoxy groups -OCH3 is 1. The summed E-state index contributed by atoms with van der Waals surface area (Å²) in [5, 5.41) is 2.68. The van der Waals surface area contributed by atoms with Crippen LogP contribution in [0.3, 0.4) is 0 Å². The van der Waals surface area contributed by atoms with E-state index in [0.29, 0.717) is 6.54 Å². The van der Waals surface area contributed by atoms with Crippen LogP contribution in [0.2, 0.25) is 0 Å². The lowest BCUT2D eigenvalue weighted by Crippen LogP contribution is -2.65. The predicted octanol–water partition coefficient (Wildman–Crippen LogP) is 0.291. The van der Waals surface area contributed by atoms with Gasteiger partial charge >= 0.3 is 0 Å². The zero-order chi connectivity index (χ0) is 12.6. The fourth-order valence-corrected chi connectivity index (χ4v) is 2.50. The summed E-state index contributed by atoms with van der Waals surface area (Å²) in [4.78, 5) is 25.4. The van der Waals surface area contributed by atoms with Gasteiger partial charge in [-0.2, -0.15) is 0 Å². The first kappa shape index (κ1) is 12.4. The van der Waals surface area contributed by atoms with Crippen LogP contribution in [0.1, 0.15) is 33.1 Å². The molecule has 2 atom stereocenters. The summed E-state index contributed by atoms with van der Waals surface area (Å²) in [5.41, 5.74) is -0.221. The number of piperazine rings is 1. The van der Waals surface area contributed by atoms with Crippen LogP contribution in [0.25, 0.3) is 0 Å². The Balaban J connectivity index is 2.11. The lowest BCUT2D eigenvalue weighted by Gasteiger charge is -2.47.